The minimum absolute atomic E-state index is 0.135. The Morgan fingerprint density at radius 2 is 1.86 bits per heavy atom. The van der Waals surface area contributed by atoms with Crippen molar-refractivity contribution in [1.82, 2.24) is 5.32 Å². The summed E-state index contributed by atoms with van der Waals surface area (Å²) in [5.41, 5.74) is 7.07. The van der Waals surface area contributed by atoms with Crippen molar-refractivity contribution in [3.05, 3.63) is 35.9 Å². The van der Waals surface area contributed by atoms with Gasteiger partial charge in [0.1, 0.15) is 0 Å². The van der Waals surface area contributed by atoms with Crippen LogP contribution in [0.1, 0.15) is 31.2 Å². The van der Waals surface area contributed by atoms with E-state index in [0.29, 0.717) is 12.3 Å². The lowest BCUT2D eigenvalue weighted by Gasteiger charge is -2.28. The maximum atomic E-state index is 12.1. The van der Waals surface area contributed by atoms with Crippen LogP contribution in [0.15, 0.2) is 30.3 Å². The number of hydrogen-bond donors (Lipinski definition) is 2. The van der Waals surface area contributed by atoms with Crippen molar-refractivity contribution in [3.8, 4) is 0 Å². The summed E-state index contributed by atoms with van der Waals surface area (Å²) in [6.07, 6.45) is 3.69. The molecule has 1 unspecified atom stereocenters. The Bertz CT molecular complexity index is 510. The van der Waals surface area contributed by atoms with Crippen LogP contribution in [0, 0.1) is 5.92 Å². The van der Waals surface area contributed by atoms with Crippen molar-refractivity contribution >= 4 is 9.84 Å². The first-order chi connectivity index (χ1) is 10.1. The van der Waals surface area contributed by atoms with Gasteiger partial charge in [-0.25, -0.2) is 8.42 Å². The van der Waals surface area contributed by atoms with Crippen LogP contribution in [0.5, 0.6) is 0 Å². The Balaban J connectivity index is 1.74. The van der Waals surface area contributed by atoms with E-state index in [1.54, 1.807) is 0 Å². The van der Waals surface area contributed by atoms with Crippen LogP contribution < -0.4 is 11.1 Å². The molecule has 1 heterocycles. The third kappa shape index (κ3) is 5.77. The van der Waals surface area contributed by atoms with E-state index in [0.717, 1.165) is 37.9 Å². The zero-order valence-electron chi connectivity index (χ0n) is 12.5. The fourth-order valence-corrected chi connectivity index (χ4v) is 4.40. The second-order valence-electron chi connectivity index (χ2n) is 5.97. The van der Waals surface area contributed by atoms with Gasteiger partial charge in [-0.05, 0) is 50.3 Å². The zero-order valence-corrected chi connectivity index (χ0v) is 13.3. The summed E-state index contributed by atoms with van der Waals surface area (Å²) in [4.78, 5) is 0. The highest BCUT2D eigenvalue weighted by Crippen LogP contribution is 2.18. The summed E-state index contributed by atoms with van der Waals surface area (Å²) in [5, 5.41) is 3.33. The number of nitrogens with one attached hydrogen (secondary N) is 1. The van der Waals surface area contributed by atoms with Gasteiger partial charge in [0.2, 0.25) is 0 Å². The smallest absolute Gasteiger partial charge is 0.154 e. The normalized spacial score (nSPS) is 18.5. The summed E-state index contributed by atoms with van der Waals surface area (Å²) >= 11 is 0. The van der Waals surface area contributed by atoms with Crippen molar-refractivity contribution in [2.75, 3.05) is 18.8 Å². The molecule has 0 spiro atoms. The van der Waals surface area contributed by atoms with Gasteiger partial charge in [-0.15, -0.1) is 0 Å². The van der Waals surface area contributed by atoms with Gasteiger partial charge in [0, 0.05) is 6.04 Å². The Kier molecular flexibility index (Phi) is 6.21. The number of benzene rings is 1. The lowest BCUT2D eigenvalue weighted by molar-refractivity contribution is 0.306. The van der Waals surface area contributed by atoms with E-state index in [4.69, 9.17) is 5.73 Å². The molecule has 0 amide bonds. The molecular weight excluding hydrogens is 284 g/mol. The average molecular weight is 310 g/mol. The van der Waals surface area contributed by atoms with Crippen LogP contribution >= 0.6 is 0 Å². The molecule has 1 aromatic carbocycles. The standard InChI is InChI=1S/C16H26N2O2S/c17-16(15-8-10-18-11-9-15)7-4-12-21(19,20)13-14-5-2-1-3-6-14/h1-3,5-6,15-16,18H,4,7-13,17H2. The van der Waals surface area contributed by atoms with Gasteiger partial charge in [0.15, 0.2) is 9.84 Å². The first-order valence-electron chi connectivity index (χ1n) is 7.77. The van der Waals surface area contributed by atoms with Crippen molar-refractivity contribution in [2.24, 2.45) is 11.7 Å². The molecule has 3 N–H and O–H groups in total. The first kappa shape index (κ1) is 16.5. The van der Waals surface area contributed by atoms with E-state index in [9.17, 15) is 8.42 Å². The number of piperidine rings is 1. The molecule has 4 nitrogen and oxygen atoms in total. The second-order valence-corrected chi connectivity index (χ2v) is 8.16. The molecule has 0 bridgehead atoms. The Labute approximate surface area is 128 Å². The van der Waals surface area contributed by atoms with E-state index in [1.807, 2.05) is 30.3 Å². The maximum Gasteiger partial charge on any atom is 0.154 e. The molecule has 1 fully saturated rings. The summed E-state index contributed by atoms with van der Waals surface area (Å²) in [6, 6.07) is 9.50. The van der Waals surface area contributed by atoms with Gasteiger partial charge in [0.25, 0.3) is 0 Å². The lowest BCUT2D eigenvalue weighted by Crippen LogP contribution is -2.38. The van der Waals surface area contributed by atoms with Gasteiger partial charge in [-0.3, -0.25) is 0 Å². The maximum absolute atomic E-state index is 12.1. The fourth-order valence-electron chi connectivity index (χ4n) is 2.95. The summed E-state index contributed by atoms with van der Waals surface area (Å²) in [5.74, 6) is 0.917. The topological polar surface area (TPSA) is 72.2 Å². The molecule has 1 saturated heterocycles. The molecular formula is C16H26N2O2S. The highest BCUT2D eigenvalue weighted by molar-refractivity contribution is 7.90. The van der Waals surface area contributed by atoms with Gasteiger partial charge >= 0.3 is 0 Å². The molecule has 0 aliphatic carbocycles. The predicted octanol–water partition coefficient (Wildman–Crippen LogP) is 1.71. The molecule has 0 saturated carbocycles. The molecule has 1 aliphatic heterocycles. The van der Waals surface area contributed by atoms with Crippen molar-refractivity contribution in [2.45, 2.75) is 37.5 Å². The number of rotatable bonds is 7. The Hall–Kier alpha value is -0.910. The van der Waals surface area contributed by atoms with Crippen LogP contribution in [0.25, 0.3) is 0 Å². The summed E-state index contributed by atoms with van der Waals surface area (Å²) in [7, 11) is -3.03. The van der Waals surface area contributed by atoms with Gasteiger partial charge in [0.05, 0.1) is 11.5 Å². The fraction of sp³-hybridized carbons (Fsp3) is 0.625. The molecule has 1 atom stereocenters. The van der Waals surface area contributed by atoms with E-state index >= 15 is 0 Å². The average Bonchev–Trinajstić information content (AvgIpc) is 2.48. The third-order valence-corrected chi connectivity index (χ3v) is 5.90. The first-order valence-corrected chi connectivity index (χ1v) is 9.59. The molecule has 1 aliphatic rings. The molecule has 1 aromatic rings. The van der Waals surface area contributed by atoms with Crippen molar-refractivity contribution < 1.29 is 8.42 Å². The quantitative estimate of drug-likeness (QED) is 0.804. The predicted molar refractivity (Wildman–Crippen MR) is 86.7 cm³/mol. The Morgan fingerprint density at radius 1 is 1.19 bits per heavy atom. The molecule has 118 valence electrons. The summed E-state index contributed by atoms with van der Waals surface area (Å²) < 4.78 is 24.2. The van der Waals surface area contributed by atoms with Crippen LogP contribution in [0.2, 0.25) is 0 Å². The van der Waals surface area contributed by atoms with Crippen LogP contribution in [0.4, 0.5) is 0 Å². The third-order valence-electron chi connectivity index (χ3n) is 4.21. The highest BCUT2D eigenvalue weighted by atomic mass is 32.2. The van der Waals surface area contributed by atoms with Gasteiger partial charge in [-0.1, -0.05) is 30.3 Å². The SMILES string of the molecule is NC(CCCS(=O)(=O)Cc1ccccc1)C1CCNCC1. The summed E-state index contributed by atoms with van der Waals surface area (Å²) in [6.45, 7) is 2.06. The minimum Gasteiger partial charge on any atom is -0.327 e. The van der Waals surface area contributed by atoms with Crippen molar-refractivity contribution in [1.29, 1.82) is 0 Å². The van der Waals surface area contributed by atoms with E-state index in [-0.39, 0.29) is 17.5 Å². The van der Waals surface area contributed by atoms with Gasteiger partial charge in [-0.2, -0.15) is 0 Å². The van der Waals surface area contributed by atoms with Gasteiger partial charge < -0.3 is 11.1 Å². The van der Waals surface area contributed by atoms with Crippen molar-refractivity contribution in [3.63, 3.8) is 0 Å². The number of sulfone groups is 1. The monoisotopic (exact) mass is 310 g/mol. The van der Waals surface area contributed by atoms with E-state index in [1.165, 1.54) is 0 Å². The van der Waals surface area contributed by atoms with Crippen LogP contribution in [-0.2, 0) is 15.6 Å². The molecule has 0 radical (unpaired) electrons. The highest BCUT2D eigenvalue weighted by Gasteiger charge is 2.21. The largest absolute Gasteiger partial charge is 0.327 e. The van der Waals surface area contributed by atoms with Crippen LogP contribution in [-0.4, -0.2) is 33.3 Å². The van der Waals surface area contributed by atoms with Crippen LogP contribution in [0.3, 0.4) is 0 Å². The number of nitrogens with two attached hydrogens (primary N) is 1. The molecule has 0 aromatic heterocycles. The number of hydrogen-bond acceptors (Lipinski definition) is 4. The minimum atomic E-state index is -3.03. The van der Waals surface area contributed by atoms with E-state index < -0.39 is 9.84 Å². The lowest BCUT2D eigenvalue weighted by atomic mass is 9.88. The second kappa shape index (κ2) is 7.92. The molecule has 5 heteroatoms. The molecule has 21 heavy (non-hydrogen) atoms. The Morgan fingerprint density at radius 3 is 2.52 bits per heavy atom. The van der Waals surface area contributed by atoms with E-state index in [2.05, 4.69) is 5.32 Å². The molecule has 2 rings (SSSR count). The zero-order chi connectivity index (χ0) is 15.1.